The Balaban J connectivity index is 1.99. The van der Waals surface area contributed by atoms with E-state index in [2.05, 4.69) is 41.3 Å². The molecular formula is C12H15NS. The Morgan fingerprint density at radius 3 is 3.21 bits per heavy atom. The summed E-state index contributed by atoms with van der Waals surface area (Å²) < 4.78 is 0. The summed E-state index contributed by atoms with van der Waals surface area (Å²) in [6, 6.07) is 9.54. The zero-order valence-corrected chi connectivity index (χ0v) is 9.02. The third kappa shape index (κ3) is 1.37. The Hall–Kier alpha value is -0.470. The SMILES string of the molecule is c1ccc2c(c1)CCC1SCCNC21. The van der Waals surface area contributed by atoms with Gasteiger partial charge >= 0.3 is 0 Å². The van der Waals surface area contributed by atoms with Crippen LogP contribution in [-0.4, -0.2) is 17.5 Å². The molecule has 1 N–H and O–H groups in total. The van der Waals surface area contributed by atoms with E-state index in [1.54, 1.807) is 11.1 Å². The highest BCUT2D eigenvalue weighted by molar-refractivity contribution is 8.00. The van der Waals surface area contributed by atoms with Crippen LogP contribution in [0.15, 0.2) is 24.3 Å². The first-order valence-corrected chi connectivity index (χ1v) is 6.43. The number of hydrogen-bond acceptors (Lipinski definition) is 2. The summed E-state index contributed by atoms with van der Waals surface area (Å²) in [4.78, 5) is 0. The first kappa shape index (κ1) is 8.81. The van der Waals surface area contributed by atoms with E-state index in [9.17, 15) is 0 Å². The molecule has 14 heavy (non-hydrogen) atoms. The molecule has 2 heteroatoms. The molecule has 1 heterocycles. The normalized spacial score (nSPS) is 30.6. The number of nitrogens with one attached hydrogen (secondary N) is 1. The summed E-state index contributed by atoms with van der Waals surface area (Å²) in [6.07, 6.45) is 2.62. The molecule has 1 aromatic rings. The molecule has 2 unspecified atom stereocenters. The van der Waals surface area contributed by atoms with Crippen LogP contribution < -0.4 is 5.32 Å². The Morgan fingerprint density at radius 1 is 1.29 bits per heavy atom. The molecule has 1 aliphatic heterocycles. The first-order chi connectivity index (χ1) is 6.95. The van der Waals surface area contributed by atoms with Gasteiger partial charge in [-0.15, -0.1) is 0 Å². The second kappa shape index (κ2) is 3.59. The Labute approximate surface area is 89.3 Å². The average molecular weight is 205 g/mol. The molecule has 2 atom stereocenters. The minimum absolute atomic E-state index is 0.624. The monoisotopic (exact) mass is 205 g/mol. The minimum Gasteiger partial charge on any atom is -0.308 e. The summed E-state index contributed by atoms with van der Waals surface area (Å²) in [6.45, 7) is 1.17. The summed E-state index contributed by atoms with van der Waals surface area (Å²) in [5.41, 5.74) is 3.11. The Morgan fingerprint density at radius 2 is 2.21 bits per heavy atom. The van der Waals surface area contributed by atoms with Crippen molar-refractivity contribution >= 4 is 11.8 Å². The molecule has 1 nitrogen and oxygen atoms in total. The zero-order valence-electron chi connectivity index (χ0n) is 8.20. The maximum atomic E-state index is 3.66. The maximum Gasteiger partial charge on any atom is 0.0443 e. The second-order valence-corrected chi connectivity index (χ2v) is 5.43. The van der Waals surface area contributed by atoms with Gasteiger partial charge in [-0.2, -0.15) is 11.8 Å². The summed E-state index contributed by atoms with van der Waals surface area (Å²) in [7, 11) is 0. The molecule has 0 radical (unpaired) electrons. The van der Waals surface area contributed by atoms with Gasteiger partial charge in [0.1, 0.15) is 0 Å². The molecule has 0 spiro atoms. The van der Waals surface area contributed by atoms with Crippen molar-refractivity contribution in [2.24, 2.45) is 0 Å². The van der Waals surface area contributed by atoms with Gasteiger partial charge in [-0.05, 0) is 24.0 Å². The van der Waals surface area contributed by atoms with Crippen molar-refractivity contribution in [2.75, 3.05) is 12.3 Å². The molecule has 1 saturated heterocycles. The highest BCUT2D eigenvalue weighted by atomic mass is 32.2. The van der Waals surface area contributed by atoms with E-state index in [1.165, 1.54) is 25.1 Å². The van der Waals surface area contributed by atoms with Crippen molar-refractivity contribution in [1.29, 1.82) is 0 Å². The van der Waals surface area contributed by atoms with Crippen LogP contribution in [0.2, 0.25) is 0 Å². The van der Waals surface area contributed by atoms with Gasteiger partial charge in [0.05, 0.1) is 0 Å². The van der Waals surface area contributed by atoms with Crippen LogP contribution >= 0.6 is 11.8 Å². The van der Waals surface area contributed by atoms with Crippen LogP contribution in [0.25, 0.3) is 0 Å². The molecule has 3 rings (SSSR count). The first-order valence-electron chi connectivity index (χ1n) is 5.38. The van der Waals surface area contributed by atoms with E-state index in [-0.39, 0.29) is 0 Å². The van der Waals surface area contributed by atoms with E-state index < -0.39 is 0 Å². The van der Waals surface area contributed by atoms with Crippen LogP contribution in [0.1, 0.15) is 23.6 Å². The van der Waals surface area contributed by atoms with E-state index in [4.69, 9.17) is 0 Å². The summed E-state index contributed by atoms with van der Waals surface area (Å²) in [5, 5.41) is 4.47. The molecule has 74 valence electrons. The number of fused-ring (bicyclic) bond motifs is 3. The lowest BCUT2D eigenvalue weighted by molar-refractivity contribution is 0.472. The van der Waals surface area contributed by atoms with Crippen molar-refractivity contribution in [1.82, 2.24) is 5.32 Å². The van der Waals surface area contributed by atoms with Crippen molar-refractivity contribution in [3.8, 4) is 0 Å². The second-order valence-electron chi connectivity index (χ2n) is 4.08. The Bertz CT molecular complexity index is 337. The topological polar surface area (TPSA) is 12.0 Å². The number of aryl methyl sites for hydroxylation is 1. The molecule has 0 aromatic heterocycles. The molecule has 0 saturated carbocycles. The third-order valence-electron chi connectivity index (χ3n) is 3.26. The lowest BCUT2D eigenvalue weighted by Crippen LogP contribution is -2.39. The number of thioether (sulfide) groups is 1. The van der Waals surface area contributed by atoms with Gasteiger partial charge in [-0.25, -0.2) is 0 Å². The highest BCUT2D eigenvalue weighted by Crippen LogP contribution is 2.38. The molecule has 0 bridgehead atoms. The van der Waals surface area contributed by atoms with Gasteiger partial charge in [0, 0.05) is 23.6 Å². The smallest absolute Gasteiger partial charge is 0.0443 e. The Kier molecular flexibility index (Phi) is 2.26. The molecule has 1 aromatic carbocycles. The van der Waals surface area contributed by atoms with Crippen molar-refractivity contribution in [2.45, 2.75) is 24.1 Å². The maximum absolute atomic E-state index is 3.66. The van der Waals surface area contributed by atoms with Crippen LogP contribution in [-0.2, 0) is 6.42 Å². The van der Waals surface area contributed by atoms with E-state index in [0.29, 0.717) is 6.04 Å². The van der Waals surface area contributed by atoms with Gasteiger partial charge in [0.25, 0.3) is 0 Å². The van der Waals surface area contributed by atoms with E-state index in [0.717, 1.165) is 5.25 Å². The quantitative estimate of drug-likeness (QED) is 0.698. The predicted octanol–water partition coefficient (Wildman–Crippen LogP) is 2.38. The van der Waals surface area contributed by atoms with Crippen LogP contribution in [0.4, 0.5) is 0 Å². The van der Waals surface area contributed by atoms with E-state index >= 15 is 0 Å². The summed E-state index contributed by atoms with van der Waals surface area (Å²) in [5.74, 6) is 1.28. The highest BCUT2D eigenvalue weighted by Gasteiger charge is 2.31. The largest absolute Gasteiger partial charge is 0.308 e. The molecular weight excluding hydrogens is 190 g/mol. The van der Waals surface area contributed by atoms with Crippen LogP contribution in [0.5, 0.6) is 0 Å². The fourth-order valence-electron chi connectivity index (χ4n) is 2.58. The van der Waals surface area contributed by atoms with E-state index in [1.807, 2.05) is 0 Å². The number of benzene rings is 1. The van der Waals surface area contributed by atoms with Gasteiger partial charge in [-0.1, -0.05) is 24.3 Å². The average Bonchev–Trinajstić information content (AvgIpc) is 2.29. The van der Waals surface area contributed by atoms with Crippen LogP contribution in [0, 0.1) is 0 Å². The van der Waals surface area contributed by atoms with Crippen molar-refractivity contribution in [3.05, 3.63) is 35.4 Å². The molecule has 1 fully saturated rings. The van der Waals surface area contributed by atoms with Crippen molar-refractivity contribution < 1.29 is 0 Å². The van der Waals surface area contributed by atoms with Crippen molar-refractivity contribution in [3.63, 3.8) is 0 Å². The zero-order chi connectivity index (χ0) is 9.38. The van der Waals surface area contributed by atoms with Gasteiger partial charge in [0.15, 0.2) is 0 Å². The van der Waals surface area contributed by atoms with Gasteiger partial charge in [0.2, 0.25) is 0 Å². The van der Waals surface area contributed by atoms with Crippen LogP contribution in [0.3, 0.4) is 0 Å². The fourth-order valence-corrected chi connectivity index (χ4v) is 3.83. The van der Waals surface area contributed by atoms with Gasteiger partial charge in [-0.3, -0.25) is 0 Å². The molecule has 1 aliphatic carbocycles. The third-order valence-corrected chi connectivity index (χ3v) is 4.63. The fraction of sp³-hybridized carbons (Fsp3) is 0.500. The lowest BCUT2D eigenvalue weighted by Gasteiger charge is -2.37. The number of hydrogen-bond donors (Lipinski definition) is 1. The summed E-state index contributed by atoms with van der Waals surface area (Å²) >= 11 is 2.15. The standard InChI is InChI=1S/C12H15NS/c1-2-4-10-9(3-1)5-6-11-12(10)13-7-8-14-11/h1-4,11-13H,5-8H2. The lowest BCUT2D eigenvalue weighted by atomic mass is 9.87. The van der Waals surface area contributed by atoms with Gasteiger partial charge < -0.3 is 5.32 Å². The number of rotatable bonds is 0. The predicted molar refractivity (Wildman–Crippen MR) is 61.8 cm³/mol. The molecule has 0 amide bonds. The molecule has 2 aliphatic rings. The minimum atomic E-state index is 0.624.